The SMILES string of the molecule is CC(=O)C(C)NC(=O)C(C)(C)N(N)C(=O)C(Cc1ccc2ccccc2c1)NC(=O)C(C)(C)NC(=O)C(C)CC(=O)C(C)(C)NC(=O)C(Cc1ccc(C(=O)c2ccccc2)cc1)NC(=O)C(C)(C)N. The van der Waals surface area contributed by atoms with E-state index in [-0.39, 0.29) is 30.8 Å². The first-order valence-electron chi connectivity index (χ1n) is 23.1. The Morgan fingerprint density at radius 1 is 0.571 bits per heavy atom. The Balaban J connectivity index is 1.47. The van der Waals surface area contributed by atoms with Gasteiger partial charge in [-0.05, 0) is 91.1 Å². The van der Waals surface area contributed by atoms with Crippen molar-refractivity contribution in [1.82, 2.24) is 31.6 Å². The van der Waals surface area contributed by atoms with Crippen LogP contribution in [0.5, 0.6) is 0 Å². The molecule has 4 atom stereocenters. The average molecular weight is 961 g/mol. The van der Waals surface area contributed by atoms with Crippen molar-refractivity contribution in [3.8, 4) is 0 Å². The fourth-order valence-electron chi connectivity index (χ4n) is 7.08. The number of hydrogen-bond donors (Lipinski definition) is 7. The van der Waals surface area contributed by atoms with Gasteiger partial charge in [0.2, 0.25) is 29.5 Å². The second-order valence-electron chi connectivity index (χ2n) is 20.1. The monoisotopic (exact) mass is 961 g/mol. The second-order valence-corrected chi connectivity index (χ2v) is 20.1. The van der Waals surface area contributed by atoms with Crippen LogP contribution in [0.1, 0.15) is 110 Å². The number of fused-ring (bicyclic) bond motifs is 1. The Bertz CT molecular complexity index is 2620. The molecule has 0 aliphatic carbocycles. The molecular formula is C53H68N8O9. The highest BCUT2D eigenvalue weighted by Crippen LogP contribution is 2.21. The van der Waals surface area contributed by atoms with Gasteiger partial charge in [-0.2, -0.15) is 0 Å². The van der Waals surface area contributed by atoms with E-state index in [1.165, 1.54) is 76.2 Å². The van der Waals surface area contributed by atoms with Crippen molar-refractivity contribution in [2.75, 3.05) is 0 Å². The van der Waals surface area contributed by atoms with E-state index in [1.54, 1.807) is 54.6 Å². The number of nitrogens with zero attached hydrogens (tertiary/aromatic N) is 1. The molecule has 0 fully saturated rings. The number of hydrogen-bond acceptors (Lipinski definition) is 11. The third kappa shape index (κ3) is 14.5. The third-order valence-electron chi connectivity index (χ3n) is 12.2. The maximum absolute atomic E-state index is 14.2. The molecule has 4 rings (SSSR count). The largest absolute Gasteiger partial charge is 0.345 e. The number of Topliss-reactive ketones (excluding diaryl/α,β-unsaturated/α-hetero) is 2. The van der Waals surface area contributed by atoms with Gasteiger partial charge < -0.3 is 32.3 Å². The number of amides is 6. The fraction of sp³-hybridized carbons (Fsp3) is 0.415. The van der Waals surface area contributed by atoms with Crippen LogP contribution in [0.15, 0.2) is 97.1 Å². The molecule has 4 unspecified atom stereocenters. The van der Waals surface area contributed by atoms with E-state index in [0.717, 1.165) is 10.8 Å². The van der Waals surface area contributed by atoms with Gasteiger partial charge in [-0.15, -0.1) is 0 Å². The van der Waals surface area contributed by atoms with Crippen LogP contribution in [0, 0.1) is 5.92 Å². The first kappa shape index (κ1) is 55.5. The molecule has 0 radical (unpaired) electrons. The molecule has 0 saturated heterocycles. The van der Waals surface area contributed by atoms with Crippen LogP contribution in [-0.2, 0) is 51.2 Å². The highest BCUT2D eigenvalue weighted by Gasteiger charge is 2.42. The molecule has 70 heavy (non-hydrogen) atoms. The Hall–Kier alpha value is -7.11. The minimum absolute atomic E-state index is 0.0147. The zero-order chi connectivity index (χ0) is 52.5. The number of carbonyl (C=O) groups is 9. The van der Waals surface area contributed by atoms with E-state index in [0.29, 0.717) is 27.3 Å². The first-order valence-corrected chi connectivity index (χ1v) is 23.1. The van der Waals surface area contributed by atoms with Crippen molar-refractivity contribution in [3.05, 3.63) is 119 Å². The lowest BCUT2D eigenvalue weighted by atomic mass is 9.89. The van der Waals surface area contributed by atoms with Crippen LogP contribution in [0.3, 0.4) is 0 Å². The molecule has 17 heteroatoms. The highest BCUT2D eigenvalue weighted by molar-refractivity contribution is 6.09. The standard InChI is InChI=1S/C53H68N8O9/c1-31(27-42(63)51(6,7)60-45(66)40(57-47(68)50(4,5)54)29-34-21-25-38(26-22-34)43(64)37-18-13-12-14-19-37)44(65)59-52(8,9)48(69)58-41(30-35-23-24-36-17-15-16-20-39(36)28-35)46(67)61(55)53(10,11)49(70)56-32(2)33(3)62/h12-26,28,31-32,40-41H,27,29-30,54-55H2,1-11H3,(H,56,70)(H,57,68)(H,58,69)(H,59,65)(H,60,66). The summed E-state index contributed by atoms with van der Waals surface area (Å²) in [6, 6.07) is 25.0. The highest BCUT2D eigenvalue weighted by atomic mass is 16.2. The van der Waals surface area contributed by atoms with Gasteiger partial charge in [0.15, 0.2) is 17.3 Å². The molecular weight excluding hydrogens is 893 g/mol. The number of nitrogens with one attached hydrogen (secondary N) is 5. The van der Waals surface area contributed by atoms with Gasteiger partial charge in [0.25, 0.3) is 5.91 Å². The Morgan fingerprint density at radius 3 is 1.67 bits per heavy atom. The quantitative estimate of drug-likeness (QED) is 0.0259. The number of ketones is 3. The van der Waals surface area contributed by atoms with Gasteiger partial charge in [0.05, 0.1) is 17.1 Å². The topological polar surface area (TPSA) is 269 Å². The van der Waals surface area contributed by atoms with Crippen LogP contribution in [0.25, 0.3) is 10.8 Å². The van der Waals surface area contributed by atoms with Gasteiger partial charge >= 0.3 is 0 Å². The van der Waals surface area contributed by atoms with Crippen molar-refractivity contribution < 1.29 is 43.2 Å². The van der Waals surface area contributed by atoms with E-state index >= 15 is 0 Å². The van der Waals surface area contributed by atoms with Crippen molar-refractivity contribution in [3.63, 3.8) is 0 Å². The number of benzene rings is 4. The Labute approximate surface area is 409 Å². The minimum atomic E-state index is -1.68. The summed E-state index contributed by atoms with van der Waals surface area (Å²) in [5.74, 6) is -0.0190. The first-order chi connectivity index (χ1) is 32.4. The van der Waals surface area contributed by atoms with Crippen molar-refractivity contribution in [2.24, 2.45) is 17.5 Å². The lowest BCUT2D eigenvalue weighted by molar-refractivity contribution is -0.149. The summed E-state index contributed by atoms with van der Waals surface area (Å²) in [6.07, 6.45) is -0.443. The van der Waals surface area contributed by atoms with Crippen LogP contribution in [0.2, 0.25) is 0 Å². The molecule has 0 aliphatic heterocycles. The Kier molecular flexibility index (Phi) is 17.9. The van der Waals surface area contributed by atoms with Crippen molar-refractivity contribution in [1.29, 1.82) is 0 Å². The summed E-state index contributed by atoms with van der Waals surface area (Å²) in [4.78, 5) is 121. The third-order valence-corrected chi connectivity index (χ3v) is 12.2. The summed E-state index contributed by atoms with van der Waals surface area (Å²) in [6.45, 7) is 15.8. The molecule has 0 aliphatic rings. The van der Waals surface area contributed by atoms with Crippen LogP contribution >= 0.6 is 0 Å². The minimum Gasteiger partial charge on any atom is -0.345 e. The number of nitrogens with two attached hydrogens (primary N) is 2. The molecule has 374 valence electrons. The molecule has 17 nitrogen and oxygen atoms in total. The Morgan fingerprint density at radius 2 is 1.09 bits per heavy atom. The zero-order valence-electron chi connectivity index (χ0n) is 41.9. The number of hydrazine groups is 1. The summed E-state index contributed by atoms with van der Waals surface area (Å²) in [5.41, 5.74) is 2.00. The molecule has 4 aromatic rings. The van der Waals surface area contributed by atoms with E-state index in [4.69, 9.17) is 11.6 Å². The lowest BCUT2D eigenvalue weighted by Gasteiger charge is -2.37. The van der Waals surface area contributed by atoms with E-state index < -0.39 is 87.4 Å². The van der Waals surface area contributed by atoms with Gasteiger partial charge in [0.1, 0.15) is 23.2 Å². The molecule has 0 aromatic heterocycles. The van der Waals surface area contributed by atoms with E-state index in [2.05, 4.69) is 26.6 Å². The summed E-state index contributed by atoms with van der Waals surface area (Å²) in [5, 5.41) is 15.9. The molecule has 0 bridgehead atoms. The molecule has 0 heterocycles. The predicted molar refractivity (Wildman–Crippen MR) is 266 cm³/mol. The number of rotatable bonds is 22. The molecule has 0 spiro atoms. The fourth-order valence-corrected chi connectivity index (χ4v) is 7.08. The maximum atomic E-state index is 14.2. The van der Waals surface area contributed by atoms with E-state index in [9.17, 15) is 43.2 Å². The van der Waals surface area contributed by atoms with E-state index in [1.807, 2.05) is 42.5 Å². The van der Waals surface area contributed by atoms with Gasteiger partial charge in [-0.3, -0.25) is 48.2 Å². The average Bonchev–Trinajstić information content (AvgIpc) is 3.29. The predicted octanol–water partition coefficient (Wildman–Crippen LogP) is 3.52. The van der Waals surface area contributed by atoms with Gasteiger partial charge in [-0.1, -0.05) is 104 Å². The second kappa shape index (κ2) is 22.5. The maximum Gasteiger partial charge on any atom is 0.260 e. The van der Waals surface area contributed by atoms with Crippen LogP contribution in [-0.4, -0.2) is 98.1 Å². The molecule has 4 aromatic carbocycles. The van der Waals surface area contributed by atoms with Crippen molar-refractivity contribution >= 4 is 63.6 Å². The van der Waals surface area contributed by atoms with Crippen molar-refractivity contribution in [2.45, 2.75) is 136 Å². The lowest BCUT2D eigenvalue weighted by Crippen LogP contribution is -2.66. The molecule has 0 saturated carbocycles. The summed E-state index contributed by atoms with van der Waals surface area (Å²) >= 11 is 0. The molecule has 9 N–H and O–H groups in total. The smallest absolute Gasteiger partial charge is 0.260 e. The van der Waals surface area contributed by atoms with Gasteiger partial charge in [-0.25, -0.2) is 5.84 Å². The number of carbonyl (C=O) groups excluding carboxylic acids is 9. The summed E-state index contributed by atoms with van der Waals surface area (Å²) in [7, 11) is 0. The van der Waals surface area contributed by atoms with Crippen LogP contribution < -0.4 is 38.2 Å². The van der Waals surface area contributed by atoms with Gasteiger partial charge in [0, 0.05) is 36.3 Å². The molecule has 6 amide bonds. The zero-order valence-corrected chi connectivity index (χ0v) is 41.9. The van der Waals surface area contributed by atoms with Crippen LogP contribution in [0.4, 0.5) is 0 Å². The summed E-state index contributed by atoms with van der Waals surface area (Å²) < 4.78 is 0. The normalized spacial score (nSPS) is 13.7.